The molecule has 1 aliphatic rings. The van der Waals surface area contributed by atoms with E-state index in [1.54, 1.807) is 13.8 Å². The maximum atomic E-state index is 11.1. The number of barbiturate groups is 1. The molecule has 8 nitrogen and oxygen atoms in total. The van der Waals surface area contributed by atoms with E-state index in [1.807, 2.05) is 24.5 Å². The third kappa shape index (κ3) is 11.6. The summed E-state index contributed by atoms with van der Waals surface area (Å²) in [6.07, 6.45) is 0. The molecule has 2 rings (SSSR count). The highest BCUT2D eigenvalue weighted by Gasteiger charge is 2.36. The molecule has 0 bridgehead atoms. The van der Waals surface area contributed by atoms with Gasteiger partial charge in [-0.05, 0) is 57.2 Å². The lowest BCUT2D eigenvalue weighted by atomic mass is 9.93. The summed E-state index contributed by atoms with van der Waals surface area (Å²) in [6, 6.07) is -0.734. The van der Waals surface area contributed by atoms with Crippen LogP contribution in [0.15, 0.2) is 0 Å². The molecule has 0 aliphatic carbocycles. The highest BCUT2D eigenvalue weighted by molar-refractivity contribution is 8.24. The van der Waals surface area contributed by atoms with Crippen LogP contribution in [0.2, 0.25) is 15.6 Å². The average Bonchev–Trinajstić information content (AvgIpc) is 2.42. The van der Waals surface area contributed by atoms with Crippen LogP contribution < -0.4 is 10.6 Å². The van der Waals surface area contributed by atoms with Crippen molar-refractivity contribution in [3.8, 4) is 0 Å². The molecule has 1 fully saturated rings. The molecule has 2 heterocycles. The van der Waals surface area contributed by atoms with Crippen molar-refractivity contribution in [2.45, 2.75) is 33.6 Å². The molecule has 0 saturated carbocycles. The van der Waals surface area contributed by atoms with E-state index in [4.69, 9.17) is 34.8 Å². The maximum Gasteiger partial charge on any atom is 0.339 e. The Hall–Kier alpha value is -0.340. The fourth-order valence-corrected chi connectivity index (χ4v) is 3.08. The van der Waals surface area contributed by atoms with Gasteiger partial charge in [0, 0.05) is 5.56 Å². The fraction of sp³-hybridized carbons (Fsp3) is 0.500. The Balaban J connectivity index is 0.000000442. The van der Waals surface area contributed by atoms with Crippen molar-refractivity contribution in [2.24, 2.45) is 11.8 Å². The van der Waals surface area contributed by atoms with Crippen LogP contribution in [-0.2, 0) is 14.2 Å². The number of nitrogens with one attached hydrogen (secondary N) is 2. The summed E-state index contributed by atoms with van der Waals surface area (Å²) in [5.74, 6) is -1.68. The van der Waals surface area contributed by atoms with Gasteiger partial charge in [-0.15, -0.1) is 0 Å². The zero-order valence-electron chi connectivity index (χ0n) is 15.5. The summed E-state index contributed by atoms with van der Waals surface area (Å²) in [6.45, 7) is 7.42. The zero-order chi connectivity index (χ0) is 23.1. The van der Waals surface area contributed by atoms with Crippen molar-refractivity contribution in [2.75, 3.05) is 0 Å². The molecule has 0 spiro atoms. The number of aromatic nitrogens is 2. The Kier molecular flexibility index (Phi) is 12.4. The van der Waals surface area contributed by atoms with Crippen LogP contribution in [0.4, 0.5) is 4.79 Å². The van der Waals surface area contributed by atoms with Crippen molar-refractivity contribution in [1.29, 1.82) is 0 Å². The normalized spacial score (nSPS) is 14.6. The number of carbonyl (C=O) groups is 3. The largest absolute Gasteiger partial charge is 0.339 e. The minimum atomic E-state index is -3.22. The zero-order valence-corrected chi connectivity index (χ0v) is 20.9. The molecule has 1 saturated heterocycles. The number of carbonyl (C=O) groups excluding carboxylic acids is 3. The Morgan fingerprint density at radius 1 is 0.862 bits per heavy atom. The van der Waals surface area contributed by atoms with Crippen LogP contribution in [0.25, 0.3) is 0 Å². The predicted octanol–water partition coefficient (Wildman–Crippen LogP) is 6.00. The molecule has 0 aromatic carbocycles. The fourth-order valence-electron chi connectivity index (χ4n) is 2.00. The molecule has 1 aliphatic heterocycles. The Morgan fingerprint density at radius 3 is 1.48 bits per heavy atom. The van der Waals surface area contributed by atoms with Gasteiger partial charge in [0.2, 0.25) is 17.1 Å². The molecule has 0 unspecified atom stereocenters. The molecular weight excluding hydrogens is 532 g/mol. The van der Waals surface area contributed by atoms with Gasteiger partial charge in [-0.2, -0.15) is 0 Å². The summed E-state index contributed by atoms with van der Waals surface area (Å²) in [7, 11) is 0. The van der Waals surface area contributed by atoms with Crippen molar-refractivity contribution < 1.29 is 18.9 Å². The van der Waals surface area contributed by atoms with E-state index in [0.717, 1.165) is 5.56 Å². The number of amides is 4. The van der Waals surface area contributed by atoms with Gasteiger partial charge < -0.3 is 0 Å². The first-order valence-corrected chi connectivity index (χ1v) is 13.3. The van der Waals surface area contributed by atoms with E-state index >= 15 is 0 Å². The second-order valence-electron chi connectivity index (χ2n) is 6.07. The number of urea groups is 1. The summed E-state index contributed by atoms with van der Waals surface area (Å²) in [5.41, 5.74) is 0.739. The standard InChI is InChI=1S/C7H7Cl3N2.C7H10N2O3.Cl3OP/c1-3(2)4-5(8)11-7(10)12-6(4)9;1-3(2)4-5(10)8-7(12)9-6(4)11;1-5(2,3)4/h3H,1-2H3;3-4H,1-2H3,(H2,8,9,10,11,12);. The van der Waals surface area contributed by atoms with Crippen molar-refractivity contribution >= 4 is 91.6 Å². The van der Waals surface area contributed by atoms with Gasteiger partial charge in [0.05, 0.1) is 0 Å². The van der Waals surface area contributed by atoms with Crippen LogP contribution in [0.3, 0.4) is 0 Å². The highest BCUT2D eigenvalue weighted by Crippen LogP contribution is 2.61. The number of rotatable bonds is 2. The van der Waals surface area contributed by atoms with E-state index < -0.39 is 29.0 Å². The van der Waals surface area contributed by atoms with Crippen molar-refractivity contribution in [3.05, 3.63) is 21.2 Å². The minimum Gasteiger partial charge on any atom is -0.277 e. The lowest BCUT2D eigenvalue weighted by Gasteiger charge is -2.22. The molecule has 164 valence electrons. The number of hydrogen-bond donors (Lipinski definition) is 2. The van der Waals surface area contributed by atoms with Gasteiger partial charge in [0.15, 0.2) is 0 Å². The topological polar surface area (TPSA) is 118 Å². The third-order valence-electron chi connectivity index (χ3n) is 3.11. The first-order valence-electron chi connectivity index (χ1n) is 7.77. The van der Waals surface area contributed by atoms with Gasteiger partial charge in [0.1, 0.15) is 16.2 Å². The van der Waals surface area contributed by atoms with Crippen LogP contribution >= 0.6 is 73.7 Å². The van der Waals surface area contributed by atoms with Gasteiger partial charge in [-0.1, -0.05) is 50.9 Å². The molecular formula is C14H17Cl6N4O4P. The Labute approximate surface area is 197 Å². The van der Waals surface area contributed by atoms with Gasteiger partial charge in [0.25, 0.3) is 0 Å². The van der Waals surface area contributed by atoms with Crippen LogP contribution in [0.5, 0.6) is 0 Å². The molecule has 1 aromatic rings. The molecule has 1 aromatic heterocycles. The predicted molar refractivity (Wildman–Crippen MR) is 116 cm³/mol. The van der Waals surface area contributed by atoms with Crippen LogP contribution in [0, 0.1) is 11.8 Å². The van der Waals surface area contributed by atoms with Gasteiger partial charge in [-0.25, -0.2) is 14.8 Å². The number of imide groups is 2. The summed E-state index contributed by atoms with van der Waals surface area (Å²) < 4.78 is 9.51. The highest BCUT2D eigenvalue weighted by atomic mass is 36.0. The van der Waals surface area contributed by atoms with Crippen molar-refractivity contribution in [1.82, 2.24) is 20.6 Å². The second kappa shape index (κ2) is 12.5. The summed E-state index contributed by atoms with van der Waals surface area (Å²) in [5, 5.41) is 1.58. The van der Waals surface area contributed by atoms with E-state index in [2.05, 4.69) is 43.7 Å². The van der Waals surface area contributed by atoms with Crippen LogP contribution in [0.1, 0.15) is 39.2 Å². The van der Waals surface area contributed by atoms with E-state index in [1.165, 1.54) is 0 Å². The van der Waals surface area contributed by atoms with Crippen molar-refractivity contribution in [3.63, 3.8) is 0 Å². The first kappa shape index (κ1) is 28.7. The lowest BCUT2D eigenvalue weighted by molar-refractivity contribution is -0.137. The SMILES string of the molecule is CC(C)C1C(=O)NC(=O)NC1=O.CC(C)c1c(Cl)nc(Cl)nc1Cl.O=P(Cl)(Cl)Cl. The molecule has 4 amide bonds. The van der Waals surface area contributed by atoms with E-state index in [-0.39, 0.29) is 17.1 Å². The molecule has 0 atom stereocenters. The van der Waals surface area contributed by atoms with Gasteiger partial charge >= 0.3 is 11.2 Å². The molecule has 0 radical (unpaired) electrons. The molecule has 29 heavy (non-hydrogen) atoms. The molecule has 15 heteroatoms. The van der Waals surface area contributed by atoms with E-state index in [9.17, 15) is 18.9 Å². The number of nitrogens with zero attached hydrogens (tertiary/aromatic N) is 2. The minimum absolute atomic E-state index is 0.0781. The van der Waals surface area contributed by atoms with Gasteiger partial charge in [-0.3, -0.25) is 24.8 Å². The number of halogens is 6. The average molecular weight is 549 g/mol. The third-order valence-corrected chi connectivity index (χ3v) is 3.85. The monoisotopic (exact) mass is 546 g/mol. The second-order valence-corrected chi connectivity index (χ2v) is 13.8. The molecule has 2 N–H and O–H groups in total. The quantitative estimate of drug-likeness (QED) is 0.203. The summed E-state index contributed by atoms with van der Waals surface area (Å²) in [4.78, 5) is 40.3. The smallest absolute Gasteiger partial charge is 0.277 e. The first-order chi connectivity index (χ1) is 13.0. The lowest BCUT2D eigenvalue weighted by Crippen LogP contribution is -2.57. The Morgan fingerprint density at radius 2 is 1.21 bits per heavy atom. The Bertz CT molecular complexity index is 766. The summed E-state index contributed by atoms with van der Waals surface area (Å²) >= 11 is 31.0. The number of hydrogen-bond acceptors (Lipinski definition) is 6. The van der Waals surface area contributed by atoms with Crippen LogP contribution in [-0.4, -0.2) is 27.8 Å². The van der Waals surface area contributed by atoms with E-state index in [0.29, 0.717) is 10.3 Å². The maximum absolute atomic E-state index is 11.1.